The first-order chi connectivity index (χ1) is 13.7. The van der Waals surface area contributed by atoms with E-state index in [1.807, 2.05) is 54.6 Å². The van der Waals surface area contributed by atoms with E-state index in [1.54, 1.807) is 17.2 Å². The average Bonchev–Trinajstić information content (AvgIpc) is 2.77. The second-order valence-corrected chi connectivity index (χ2v) is 6.95. The number of aromatic nitrogens is 2. The summed E-state index contributed by atoms with van der Waals surface area (Å²) in [6, 6.07) is 17.0. The van der Waals surface area contributed by atoms with E-state index in [4.69, 9.17) is 0 Å². The molecule has 5 nitrogen and oxygen atoms in total. The molecule has 5 heteroatoms. The van der Waals surface area contributed by atoms with Gasteiger partial charge in [0, 0.05) is 30.6 Å². The Balaban J connectivity index is 1.35. The van der Waals surface area contributed by atoms with Crippen LogP contribution in [-0.4, -0.2) is 39.6 Å². The van der Waals surface area contributed by atoms with E-state index in [1.165, 1.54) is 6.08 Å². The normalized spacial score (nSPS) is 15.2. The minimum absolute atomic E-state index is 0.0122. The van der Waals surface area contributed by atoms with Crippen molar-refractivity contribution >= 4 is 28.8 Å². The van der Waals surface area contributed by atoms with Gasteiger partial charge in [0.2, 0.25) is 5.91 Å². The summed E-state index contributed by atoms with van der Waals surface area (Å²) in [7, 11) is 0. The highest BCUT2D eigenvalue weighted by atomic mass is 16.2. The first kappa shape index (κ1) is 18.0. The molecule has 2 heterocycles. The number of amides is 1. The number of ketones is 1. The van der Waals surface area contributed by atoms with E-state index in [9.17, 15) is 9.59 Å². The number of fused-ring (bicyclic) bond motifs is 1. The number of Topliss-reactive ketones (excluding diaryl/α,β-unsaturated/α-hetero) is 1. The molecule has 1 amide bonds. The Bertz CT molecular complexity index is 1020. The van der Waals surface area contributed by atoms with Gasteiger partial charge in [-0.1, -0.05) is 42.5 Å². The molecule has 0 radical (unpaired) electrons. The van der Waals surface area contributed by atoms with Crippen LogP contribution in [0.4, 0.5) is 0 Å². The highest BCUT2D eigenvalue weighted by Crippen LogP contribution is 2.22. The van der Waals surface area contributed by atoms with Gasteiger partial charge in [-0.25, -0.2) is 4.98 Å². The lowest BCUT2D eigenvalue weighted by molar-refractivity contribution is -0.127. The van der Waals surface area contributed by atoms with E-state index in [-0.39, 0.29) is 17.6 Å². The van der Waals surface area contributed by atoms with Gasteiger partial charge in [0.05, 0.1) is 22.9 Å². The number of para-hydroxylation sites is 2. The zero-order valence-electron chi connectivity index (χ0n) is 15.5. The molecule has 0 saturated carbocycles. The molecule has 0 aliphatic carbocycles. The number of piperidine rings is 1. The third-order valence-corrected chi connectivity index (χ3v) is 5.10. The van der Waals surface area contributed by atoms with Gasteiger partial charge in [-0.15, -0.1) is 0 Å². The van der Waals surface area contributed by atoms with Crippen molar-refractivity contribution in [3.8, 4) is 0 Å². The standard InChI is InChI=1S/C23H21N3O2/c27-22(11-10-19-16-24-20-8-4-5-9-21(20)25-19)26-14-12-18(13-15-26)23(28)17-6-2-1-3-7-17/h1-11,16,18H,12-15H2/b11-10+. The summed E-state index contributed by atoms with van der Waals surface area (Å²) in [5.74, 6) is 0.108. The lowest BCUT2D eigenvalue weighted by atomic mass is 9.89. The fourth-order valence-electron chi connectivity index (χ4n) is 3.51. The van der Waals surface area contributed by atoms with Crippen molar-refractivity contribution in [3.05, 3.63) is 78.1 Å². The predicted molar refractivity (Wildman–Crippen MR) is 109 cm³/mol. The smallest absolute Gasteiger partial charge is 0.246 e. The number of carbonyl (C=O) groups excluding carboxylic acids is 2. The molecule has 1 fully saturated rings. The maximum Gasteiger partial charge on any atom is 0.246 e. The molecule has 1 aliphatic rings. The second kappa shape index (κ2) is 8.13. The summed E-state index contributed by atoms with van der Waals surface area (Å²) >= 11 is 0. The molecule has 1 aliphatic heterocycles. The van der Waals surface area contributed by atoms with Crippen LogP contribution >= 0.6 is 0 Å². The fraction of sp³-hybridized carbons (Fsp3) is 0.217. The second-order valence-electron chi connectivity index (χ2n) is 6.95. The summed E-state index contributed by atoms with van der Waals surface area (Å²) in [6.07, 6.45) is 6.30. The highest BCUT2D eigenvalue weighted by molar-refractivity contribution is 5.98. The van der Waals surface area contributed by atoms with Gasteiger partial charge in [-0.3, -0.25) is 14.6 Å². The van der Waals surface area contributed by atoms with Crippen molar-refractivity contribution in [2.45, 2.75) is 12.8 Å². The summed E-state index contributed by atoms with van der Waals surface area (Å²) in [5, 5.41) is 0. The number of benzene rings is 2. The number of carbonyl (C=O) groups is 2. The van der Waals surface area contributed by atoms with Gasteiger partial charge in [0.15, 0.2) is 5.78 Å². The predicted octanol–water partition coefficient (Wildman–Crippen LogP) is 3.76. The van der Waals surface area contributed by atoms with Crippen LogP contribution in [0.25, 0.3) is 17.1 Å². The topological polar surface area (TPSA) is 63.2 Å². The molecule has 2 aromatic carbocycles. The van der Waals surface area contributed by atoms with Gasteiger partial charge in [-0.2, -0.15) is 0 Å². The molecule has 140 valence electrons. The molecule has 0 atom stereocenters. The zero-order valence-corrected chi connectivity index (χ0v) is 15.5. The Kier molecular flexibility index (Phi) is 5.24. The van der Waals surface area contributed by atoms with Gasteiger partial charge >= 0.3 is 0 Å². The van der Waals surface area contributed by atoms with Crippen molar-refractivity contribution in [1.82, 2.24) is 14.9 Å². The summed E-state index contributed by atoms with van der Waals surface area (Å²) in [4.78, 5) is 35.7. The molecular weight excluding hydrogens is 350 g/mol. The number of hydrogen-bond donors (Lipinski definition) is 0. The maximum atomic E-state index is 12.6. The van der Waals surface area contributed by atoms with Crippen LogP contribution < -0.4 is 0 Å². The van der Waals surface area contributed by atoms with Crippen molar-refractivity contribution in [1.29, 1.82) is 0 Å². The molecule has 1 saturated heterocycles. The third-order valence-electron chi connectivity index (χ3n) is 5.10. The molecule has 0 bridgehead atoms. The van der Waals surface area contributed by atoms with Gasteiger partial charge in [0.25, 0.3) is 0 Å². The van der Waals surface area contributed by atoms with Crippen molar-refractivity contribution < 1.29 is 9.59 Å². The first-order valence-corrected chi connectivity index (χ1v) is 9.49. The summed E-state index contributed by atoms with van der Waals surface area (Å²) in [5.41, 5.74) is 3.04. The Hall–Kier alpha value is -3.34. The quantitative estimate of drug-likeness (QED) is 0.517. The van der Waals surface area contributed by atoms with Crippen LogP contribution in [0.15, 0.2) is 66.9 Å². The van der Waals surface area contributed by atoms with E-state index in [0.29, 0.717) is 31.6 Å². The van der Waals surface area contributed by atoms with Crippen LogP contribution in [0, 0.1) is 5.92 Å². The lowest BCUT2D eigenvalue weighted by Gasteiger charge is -2.30. The minimum atomic E-state index is -0.0550. The molecular formula is C23H21N3O2. The largest absolute Gasteiger partial charge is 0.339 e. The molecule has 28 heavy (non-hydrogen) atoms. The fourth-order valence-corrected chi connectivity index (χ4v) is 3.51. The Labute approximate surface area is 163 Å². The van der Waals surface area contributed by atoms with Crippen molar-refractivity contribution in [2.24, 2.45) is 5.92 Å². The molecule has 0 spiro atoms. The van der Waals surface area contributed by atoms with Crippen LogP contribution in [0.3, 0.4) is 0 Å². The van der Waals surface area contributed by atoms with E-state index < -0.39 is 0 Å². The van der Waals surface area contributed by atoms with E-state index in [2.05, 4.69) is 9.97 Å². The Morgan fingerprint density at radius 2 is 1.61 bits per heavy atom. The summed E-state index contributed by atoms with van der Waals surface area (Å²) in [6.45, 7) is 1.19. The first-order valence-electron chi connectivity index (χ1n) is 9.49. The Morgan fingerprint density at radius 3 is 2.36 bits per heavy atom. The van der Waals surface area contributed by atoms with Crippen molar-refractivity contribution in [3.63, 3.8) is 0 Å². The zero-order chi connectivity index (χ0) is 19.3. The highest BCUT2D eigenvalue weighted by Gasteiger charge is 2.27. The lowest BCUT2D eigenvalue weighted by Crippen LogP contribution is -2.39. The molecule has 4 rings (SSSR count). The van der Waals surface area contributed by atoms with E-state index >= 15 is 0 Å². The molecule has 0 N–H and O–H groups in total. The van der Waals surface area contributed by atoms with Crippen LogP contribution in [-0.2, 0) is 4.79 Å². The maximum absolute atomic E-state index is 12.6. The van der Waals surface area contributed by atoms with Crippen LogP contribution in [0.1, 0.15) is 28.9 Å². The monoisotopic (exact) mass is 371 g/mol. The SMILES string of the molecule is O=C(c1ccccc1)C1CCN(C(=O)/C=C/c2cnc3ccccc3n2)CC1. The van der Waals surface area contributed by atoms with Gasteiger partial charge in [-0.05, 0) is 31.1 Å². The Morgan fingerprint density at radius 1 is 0.929 bits per heavy atom. The van der Waals surface area contributed by atoms with Crippen LogP contribution in [0.2, 0.25) is 0 Å². The number of hydrogen-bond acceptors (Lipinski definition) is 4. The van der Waals surface area contributed by atoms with E-state index in [0.717, 1.165) is 16.6 Å². The van der Waals surface area contributed by atoms with Crippen molar-refractivity contribution in [2.75, 3.05) is 13.1 Å². The molecule has 1 aromatic heterocycles. The summed E-state index contributed by atoms with van der Waals surface area (Å²) < 4.78 is 0. The van der Waals surface area contributed by atoms with Crippen LogP contribution in [0.5, 0.6) is 0 Å². The molecule has 3 aromatic rings. The number of rotatable bonds is 4. The minimum Gasteiger partial charge on any atom is -0.339 e. The van der Waals surface area contributed by atoms with Gasteiger partial charge in [0.1, 0.15) is 0 Å². The number of likely N-dealkylation sites (tertiary alicyclic amines) is 1. The van der Waals surface area contributed by atoms with Gasteiger partial charge < -0.3 is 4.90 Å². The molecule has 0 unspecified atom stereocenters. The number of nitrogens with zero attached hydrogens (tertiary/aromatic N) is 3. The third kappa shape index (κ3) is 3.98. The average molecular weight is 371 g/mol.